The van der Waals surface area contributed by atoms with Crippen molar-refractivity contribution in [2.45, 2.75) is 18.8 Å². The minimum atomic E-state index is 0.367. The number of fused-ring (bicyclic) bond motifs is 1. The second kappa shape index (κ2) is 7.15. The van der Waals surface area contributed by atoms with Gasteiger partial charge < -0.3 is 0 Å². The van der Waals surface area contributed by atoms with Gasteiger partial charge in [0.15, 0.2) is 0 Å². The normalized spacial score (nSPS) is 17.5. The second-order valence-corrected chi connectivity index (χ2v) is 7.93. The van der Waals surface area contributed by atoms with Crippen molar-refractivity contribution >= 4 is 44.0 Å². The molecule has 26 heavy (non-hydrogen) atoms. The van der Waals surface area contributed by atoms with E-state index in [0.717, 1.165) is 58.8 Å². The monoisotopic (exact) mass is 411 g/mol. The molecular formula is C18H22AsN7. The number of hydrogen-bond acceptors (Lipinski definition) is 7. The molecule has 8 heteroatoms. The third-order valence-corrected chi connectivity index (χ3v) is 5.64. The SMILES string of the molecule is CN(C)c1cncc(C2CCCN(c3ccc4ncnc([AsH2])c4n3)C2)n1. The minimum absolute atomic E-state index is 0.367. The summed E-state index contributed by atoms with van der Waals surface area (Å²) in [4.78, 5) is 27.0. The van der Waals surface area contributed by atoms with Crippen molar-refractivity contribution in [3.05, 3.63) is 36.5 Å². The van der Waals surface area contributed by atoms with E-state index in [1.165, 1.54) is 16.9 Å². The molecule has 7 nitrogen and oxygen atoms in total. The summed E-state index contributed by atoms with van der Waals surface area (Å²) in [6, 6.07) is 4.10. The van der Waals surface area contributed by atoms with E-state index in [1.807, 2.05) is 31.3 Å². The standard InChI is InChI=1S/C18H22AsN7/c1-25(2)16-9-20-8-14(23-16)12-4-3-7-26(10-12)15-6-5-13-17(24-15)18(19)22-11-21-13/h5-6,8-9,11-12H,3-4,7,10,19H2,1-2H3. The van der Waals surface area contributed by atoms with Crippen molar-refractivity contribution in [2.24, 2.45) is 0 Å². The first kappa shape index (κ1) is 17.2. The van der Waals surface area contributed by atoms with Gasteiger partial charge in [-0.15, -0.1) is 0 Å². The van der Waals surface area contributed by atoms with Gasteiger partial charge >= 0.3 is 161 Å². The molecule has 0 aromatic carbocycles. The van der Waals surface area contributed by atoms with Crippen molar-refractivity contribution in [1.82, 2.24) is 24.9 Å². The number of piperidine rings is 1. The predicted molar refractivity (Wildman–Crippen MR) is 106 cm³/mol. The summed E-state index contributed by atoms with van der Waals surface area (Å²) in [6.07, 6.45) is 7.55. The molecule has 2 atom stereocenters. The first-order chi connectivity index (χ1) is 12.6. The van der Waals surface area contributed by atoms with Crippen LogP contribution in [0.25, 0.3) is 11.0 Å². The van der Waals surface area contributed by atoms with Gasteiger partial charge in [0.2, 0.25) is 0 Å². The molecule has 134 valence electrons. The molecule has 3 aromatic heterocycles. The number of pyridine rings is 1. The van der Waals surface area contributed by atoms with E-state index in [-0.39, 0.29) is 0 Å². The summed E-state index contributed by atoms with van der Waals surface area (Å²) in [5.41, 5.74) is 2.87. The van der Waals surface area contributed by atoms with Gasteiger partial charge in [0.05, 0.1) is 0 Å². The van der Waals surface area contributed by atoms with Crippen LogP contribution in [0.4, 0.5) is 11.6 Å². The molecule has 0 spiro atoms. The zero-order valence-electron chi connectivity index (χ0n) is 15.0. The Kier molecular flexibility index (Phi) is 4.72. The Balaban J connectivity index is 1.61. The van der Waals surface area contributed by atoms with Crippen LogP contribution in [0.3, 0.4) is 0 Å². The van der Waals surface area contributed by atoms with E-state index < -0.39 is 0 Å². The Labute approximate surface area is 161 Å². The number of aromatic nitrogens is 5. The van der Waals surface area contributed by atoms with Crippen LogP contribution in [0.2, 0.25) is 0 Å². The van der Waals surface area contributed by atoms with Gasteiger partial charge in [-0.3, -0.25) is 0 Å². The first-order valence-electron chi connectivity index (χ1n) is 8.73. The van der Waals surface area contributed by atoms with Crippen molar-refractivity contribution in [2.75, 3.05) is 37.0 Å². The van der Waals surface area contributed by atoms with Gasteiger partial charge in [0.1, 0.15) is 0 Å². The first-order valence-corrected chi connectivity index (χ1v) is 9.94. The molecule has 4 heterocycles. The van der Waals surface area contributed by atoms with Gasteiger partial charge in [-0.2, -0.15) is 0 Å². The molecule has 1 aliphatic rings. The molecule has 1 fully saturated rings. The average molecular weight is 411 g/mol. The Hall–Kier alpha value is -2.27. The van der Waals surface area contributed by atoms with E-state index >= 15 is 0 Å². The second-order valence-electron chi connectivity index (χ2n) is 6.78. The maximum atomic E-state index is 4.84. The molecule has 3 aromatic rings. The molecule has 4 rings (SSSR count). The van der Waals surface area contributed by atoms with Crippen molar-refractivity contribution in [3.8, 4) is 0 Å². The van der Waals surface area contributed by atoms with Crippen LogP contribution in [-0.4, -0.2) is 69.0 Å². The van der Waals surface area contributed by atoms with Crippen LogP contribution in [0.15, 0.2) is 30.9 Å². The van der Waals surface area contributed by atoms with E-state index in [9.17, 15) is 0 Å². The fraction of sp³-hybridized carbons (Fsp3) is 0.389. The van der Waals surface area contributed by atoms with E-state index in [4.69, 9.17) is 9.97 Å². The van der Waals surface area contributed by atoms with Gasteiger partial charge in [-0.25, -0.2) is 0 Å². The zero-order chi connectivity index (χ0) is 18.1. The molecule has 0 amide bonds. The summed E-state index contributed by atoms with van der Waals surface area (Å²) >= 11 is 1.48. The molecule has 0 bridgehead atoms. The summed E-state index contributed by atoms with van der Waals surface area (Å²) in [5.74, 6) is 2.26. The molecule has 0 N–H and O–H groups in total. The van der Waals surface area contributed by atoms with Crippen molar-refractivity contribution in [3.63, 3.8) is 0 Å². The zero-order valence-corrected chi connectivity index (χ0v) is 17.4. The Bertz CT molecular complexity index is 930. The van der Waals surface area contributed by atoms with Gasteiger partial charge in [0, 0.05) is 0 Å². The van der Waals surface area contributed by atoms with Crippen molar-refractivity contribution < 1.29 is 0 Å². The van der Waals surface area contributed by atoms with Crippen LogP contribution >= 0.6 is 0 Å². The number of hydrogen-bond donors (Lipinski definition) is 0. The van der Waals surface area contributed by atoms with E-state index in [0.29, 0.717) is 5.92 Å². The molecule has 2 unspecified atom stereocenters. The molecule has 1 saturated heterocycles. The predicted octanol–water partition coefficient (Wildman–Crippen LogP) is 0.523. The van der Waals surface area contributed by atoms with E-state index in [2.05, 4.69) is 25.9 Å². The molecule has 0 saturated carbocycles. The maximum absolute atomic E-state index is 4.84. The fourth-order valence-corrected chi connectivity index (χ4v) is 3.92. The Morgan fingerprint density at radius 3 is 2.88 bits per heavy atom. The molecule has 0 aliphatic carbocycles. The average Bonchev–Trinajstić information content (AvgIpc) is 2.68. The van der Waals surface area contributed by atoms with Crippen LogP contribution in [-0.2, 0) is 0 Å². The molecular weight excluding hydrogens is 389 g/mol. The number of anilines is 2. The van der Waals surface area contributed by atoms with Crippen LogP contribution in [0, 0.1) is 0 Å². The van der Waals surface area contributed by atoms with Crippen LogP contribution < -0.4 is 14.3 Å². The van der Waals surface area contributed by atoms with Crippen molar-refractivity contribution in [1.29, 1.82) is 0 Å². The summed E-state index contributed by atoms with van der Waals surface area (Å²) in [7, 11) is 3.98. The molecule has 1 aliphatic heterocycles. The number of nitrogens with zero attached hydrogens (tertiary/aromatic N) is 7. The Morgan fingerprint density at radius 1 is 1.15 bits per heavy atom. The van der Waals surface area contributed by atoms with Gasteiger partial charge in [-0.05, 0) is 0 Å². The van der Waals surface area contributed by atoms with Gasteiger partial charge in [0.25, 0.3) is 0 Å². The van der Waals surface area contributed by atoms with Gasteiger partial charge in [-0.1, -0.05) is 0 Å². The fourth-order valence-electron chi connectivity index (χ4n) is 3.33. The summed E-state index contributed by atoms with van der Waals surface area (Å²) in [5, 5.41) is 0. The topological polar surface area (TPSA) is 70.9 Å². The van der Waals surface area contributed by atoms with E-state index in [1.54, 1.807) is 12.5 Å². The van der Waals surface area contributed by atoms with Crippen LogP contribution in [0.1, 0.15) is 24.5 Å². The number of rotatable bonds is 3. The third kappa shape index (κ3) is 3.36. The van der Waals surface area contributed by atoms with Crippen LogP contribution in [0.5, 0.6) is 0 Å². The molecule has 0 radical (unpaired) electrons. The Morgan fingerprint density at radius 2 is 2.04 bits per heavy atom. The summed E-state index contributed by atoms with van der Waals surface area (Å²) < 4.78 is 0.975. The summed E-state index contributed by atoms with van der Waals surface area (Å²) in [6.45, 7) is 1.91. The quantitative estimate of drug-likeness (QED) is 0.582. The third-order valence-electron chi connectivity index (χ3n) is 4.76.